The molecule has 2 aromatic carbocycles. The fraction of sp³-hybridized carbons (Fsp3) is 0.350. The third-order valence-electron chi connectivity index (χ3n) is 5.34. The van der Waals surface area contributed by atoms with Gasteiger partial charge in [0.25, 0.3) is 10.0 Å². The molecule has 0 saturated carbocycles. The quantitative estimate of drug-likeness (QED) is 0.879. The predicted octanol–water partition coefficient (Wildman–Crippen LogP) is 2.95. The van der Waals surface area contributed by atoms with Crippen LogP contribution < -0.4 is 14.5 Å². The summed E-state index contributed by atoms with van der Waals surface area (Å²) in [4.78, 5) is 16.5. The second kappa shape index (κ2) is 6.27. The van der Waals surface area contributed by atoms with Gasteiger partial charge in [-0.3, -0.25) is 9.52 Å². The van der Waals surface area contributed by atoms with Gasteiger partial charge in [0, 0.05) is 32.0 Å². The molecule has 0 aromatic heterocycles. The first-order chi connectivity index (χ1) is 12.8. The van der Waals surface area contributed by atoms with Gasteiger partial charge in [0.15, 0.2) is 0 Å². The van der Waals surface area contributed by atoms with Crippen molar-refractivity contribution in [2.75, 3.05) is 35.2 Å². The number of hydrogen-bond acceptors (Lipinski definition) is 4. The number of anilines is 3. The molecule has 0 fully saturated rings. The summed E-state index contributed by atoms with van der Waals surface area (Å²) in [6.07, 6.45) is 1.65. The van der Waals surface area contributed by atoms with Crippen molar-refractivity contribution in [1.29, 1.82) is 0 Å². The van der Waals surface area contributed by atoms with Crippen LogP contribution in [-0.2, 0) is 21.2 Å². The van der Waals surface area contributed by atoms with E-state index in [1.54, 1.807) is 24.3 Å². The first kappa shape index (κ1) is 17.9. The van der Waals surface area contributed by atoms with E-state index in [4.69, 9.17) is 0 Å². The van der Waals surface area contributed by atoms with Crippen LogP contribution in [0.25, 0.3) is 0 Å². The van der Waals surface area contributed by atoms with Crippen LogP contribution in [0.2, 0.25) is 0 Å². The molecule has 1 atom stereocenters. The maximum Gasteiger partial charge on any atom is 0.261 e. The van der Waals surface area contributed by atoms with Crippen LogP contribution in [-0.4, -0.2) is 35.0 Å². The summed E-state index contributed by atoms with van der Waals surface area (Å²) in [5.74, 6) is -0.237. The minimum absolute atomic E-state index is 0.0627. The zero-order valence-corrected chi connectivity index (χ0v) is 16.5. The number of carbonyl (C=O) groups is 1. The molecular weight excluding hydrogens is 362 g/mol. The van der Waals surface area contributed by atoms with Crippen molar-refractivity contribution in [3.8, 4) is 0 Å². The zero-order chi connectivity index (χ0) is 19.3. The molecule has 1 amide bonds. The molecule has 1 N–H and O–H groups in total. The maximum absolute atomic E-state index is 13.0. The van der Waals surface area contributed by atoms with Crippen molar-refractivity contribution in [2.24, 2.45) is 0 Å². The monoisotopic (exact) mass is 385 g/mol. The minimum atomic E-state index is -3.73. The van der Waals surface area contributed by atoms with Gasteiger partial charge in [0.2, 0.25) is 5.91 Å². The molecule has 0 bridgehead atoms. The van der Waals surface area contributed by atoms with E-state index in [1.807, 2.05) is 43.0 Å². The van der Waals surface area contributed by atoms with Crippen LogP contribution in [0.5, 0.6) is 0 Å². The molecule has 27 heavy (non-hydrogen) atoms. The van der Waals surface area contributed by atoms with Crippen molar-refractivity contribution < 1.29 is 13.2 Å². The lowest BCUT2D eigenvalue weighted by molar-refractivity contribution is -0.119. The molecule has 0 unspecified atom stereocenters. The standard InChI is InChI=1S/C20H23N3O3S/c1-13-18-12-17(11-14-5-4-10-23(19(14)18)20(13)24)27(25,26)21-15-6-8-16(9-7-15)22(2)3/h6-9,11-13,21H,4-5,10H2,1-3H3/t13-/m0/s1. The van der Waals surface area contributed by atoms with Crippen molar-refractivity contribution in [3.05, 3.63) is 47.5 Å². The summed E-state index contributed by atoms with van der Waals surface area (Å²) in [7, 11) is 0.135. The van der Waals surface area contributed by atoms with Crippen LogP contribution in [0.4, 0.5) is 17.1 Å². The normalized spacial score (nSPS) is 18.4. The van der Waals surface area contributed by atoms with E-state index < -0.39 is 10.0 Å². The number of nitrogens with zero attached hydrogens (tertiary/aromatic N) is 2. The highest BCUT2D eigenvalue weighted by molar-refractivity contribution is 7.92. The third-order valence-corrected chi connectivity index (χ3v) is 6.70. The Morgan fingerprint density at radius 3 is 2.52 bits per heavy atom. The molecule has 142 valence electrons. The minimum Gasteiger partial charge on any atom is -0.378 e. The number of amides is 1. The van der Waals surface area contributed by atoms with Crippen molar-refractivity contribution in [1.82, 2.24) is 0 Å². The number of hydrogen-bond donors (Lipinski definition) is 1. The molecule has 0 spiro atoms. The first-order valence-electron chi connectivity index (χ1n) is 9.06. The molecule has 0 saturated heterocycles. The third kappa shape index (κ3) is 2.96. The van der Waals surface area contributed by atoms with Gasteiger partial charge >= 0.3 is 0 Å². The topological polar surface area (TPSA) is 69.7 Å². The molecular formula is C20H23N3O3S. The van der Waals surface area contributed by atoms with E-state index in [-0.39, 0.29) is 16.7 Å². The lowest BCUT2D eigenvalue weighted by atomic mass is 9.97. The van der Waals surface area contributed by atoms with E-state index >= 15 is 0 Å². The smallest absolute Gasteiger partial charge is 0.261 e. The van der Waals surface area contributed by atoms with Crippen molar-refractivity contribution in [2.45, 2.75) is 30.6 Å². The summed E-state index contributed by atoms with van der Waals surface area (Å²) in [5, 5.41) is 0. The zero-order valence-electron chi connectivity index (χ0n) is 15.7. The molecule has 2 aliphatic rings. The molecule has 2 heterocycles. The highest BCUT2D eigenvalue weighted by atomic mass is 32.2. The summed E-state index contributed by atoms with van der Waals surface area (Å²) in [5.41, 5.74) is 4.20. The lowest BCUT2D eigenvalue weighted by Crippen LogP contribution is -2.32. The highest BCUT2D eigenvalue weighted by Gasteiger charge is 2.38. The fourth-order valence-corrected chi connectivity index (χ4v) is 5.01. The molecule has 2 aliphatic heterocycles. The fourth-order valence-electron chi connectivity index (χ4n) is 3.86. The lowest BCUT2D eigenvalue weighted by Gasteiger charge is -2.26. The van der Waals surface area contributed by atoms with E-state index in [1.165, 1.54) is 0 Å². The Labute approximate surface area is 159 Å². The van der Waals surface area contributed by atoms with Gasteiger partial charge in [-0.1, -0.05) is 0 Å². The van der Waals surface area contributed by atoms with Gasteiger partial charge in [-0.05, 0) is 67.3 Å². The van der Waals surface area contributed by atoms with Crippen molar-refractivity contribution in [3.63, 3.8) is 0 Å². The van der Waals surface area contributed by atoms with Gasteiger partial charge < -0.3 is 9.80 Å². The van der Waals surface area contributed by atoms with Crippen molar-refractivity contribution >= 4 is 33.0 Å². The Bertz CT molecular complexity index is 1010. The Morgan fingerprint density at radius 1 is 1.15 bits per heavy atom. The van der Waals surface area contributed by atoms with Gasteiger partial charge in [0.1, 0.15) is 0 Å². The van der Waals surface area contributed by atoms with Gasteiger partial charge in [0.05, 0.1) is 16.5 Å². The summed E-state index contributed by atoms with van der Waals surface area (Å²) >= 11 is 0. The van der Waals surface area contributed by atoms with Gasteiger partial charge in [-0.15, -0.1) is 0 Å². The van der Waals surface area contributed by atoms with Crippen LogP contribution in [0, 0.1) is 0 Å². The summed E-state index contributed by atoms with van der Waals surface area (Å²) in [6, 6.07) is 10.6. The van der Waals surface area contributed by atoms with E-state index in [0.717, 1.165) is 35.3 Å². The van der Waals surface area contributed by atoms with Crippen LogP contribution in [0.15, 0.2) is 41.3 Å². The van der Waals surface area contributed by atoms with E-state index in [0.29, 0.717) is 12.2 Å². The number of nitrogens with one attached hydrogen (secondary N) is 1. The molecule has 6 nitrogen and oxygen atoms in total. The second-order valence-corrected chi connectivity index (χ2v) is 9.06. The average Bonchev–Trinajstić information content (AvgIpc) is 2.88. The molecule has 7 heteroatoms. The first-order valence-corrected chi connectivity index (χ1v) is 10.5. The van der Waals surface area contributed by atoms with E-state index in [9.17, 15) is 13.2 Å². The van der Waals surface area contributed by atoms with Crippen LogP contribution in [0.3, 0.4) is 0 Å². The molecule has 0 radical (unpaired) electrons. The average molecular weight is 385 g/mol. The number of aryl methyl sites for hydroxylation is 1. The van der Waals surface area contributed by atoms with Crippen LogP contribution in [0.1, 0.15) is 30.4 Å². The molecule has 4 rings (SSSR count). The summed E-state index contributed by atoms with van der Waals surface area (Å²) < 4.78 is 28.6. The number of sulfonamides is 1. The van der Waals surface area contributed by atoms with Gasteiger partial charge in [-0.2, -0.15) is 0 Å². The Hall–Kier alpha value is -2.54. The SMILES string of the molecule is C[C@@H]1C(=O)N2CCCc3cc(S(=O)(=O)Nc4ccc(N(C)C)cc4)cc1c32. The predicted molar refractivity (Wildman–Crippen MR) is 107 cm³/mol. The summed E-state index contributed by atoms with van der Waals surface area (Å²) in [6.45, 7) is 2.56. The Kier molecular flexibility index (Phi) is 4.14. The number of rotatable bonds is 4. The Morgan fingerprint density at radius 2 is 1.85 bits per heavy atom. The molecule has 2 aromatic rings. The second-order valence-electron chi connectivity index (χ2n) is 7.38. The van der Waals surface area contributed by atoms with Gasteiger partial charge in [-0.25, -0.2) is 8.42 Å². The van der Waals surface area contributed by atoms with Crippen LogP contribution >= 0.6 is 0 Å². The largest absolute Gasteiger partial charge is 0.378 e. The number of carbonyl (C=O) groups excluding carboxylic acids is 1. The highest BCUT2D eigenvalue weighted by Crippen LogP contribution is 2.44. The maximum atomic E-state index is 13.0. The number of benzene rings is 2. The Balaban J connectivity index is 1.70. The van der Waals surface area contributed by atoms with E-state index in [2.05, 4.69) is 4.72 Å². The molecule has 0 aliphatic carbocycles.